The quantitative estimate of drug-likeness (QED) is 0.158. The number of aliphatic hydroxyl groups excluding tert-OH is 1. The Kier molecular flexibility index (Phi) is 12.0. The first-order valence-corrected chi connectivity index (χ1v) is 15.3. The number of unbranched alkanes of at least 4 members (excludes halogenated alkanes) is 3. The number of carbonyl (C=O) groups is 2. The van der Waals surface area contributed by atoms with E-state index < -0.39 is 11.6 Å². The summed E-state index contributed by atoms with van der Waals surface area (Å²) < 4.78 is 12.2. The van der Waals surface area contributed by atoms with E-state index in [0.29, 0.717) is 45.4 Å². The number of amides is 2. The van der Waals surface area contributed by atoms with E-state index in [1.807, 2.05) is 66.7 Å². The van der Waals surface area contributed by atoms with Crippen LogP contribution in [0.4, 0.5) is 0 Å². The van der Waals surface area contributed by atoms with Gasteiger partial charge >= 0.3 is 0 Å². The van der Waals surface area contributed by atoms with Crippen molar-refractivity contribution < 1.29 is 29.3 Å². The second kappa shape index (κ2) is 16.1. The molecule has 43 heavy (non-hydrogen) atoms. The molecule has 1 saturated heterocycles. The number of carbonyl (C=O) groups excluding carboxylic acids is 2. The van der Waals surface area contributed by atoms with E-state index >= 15 is 0 Å². The molecule has 1 aliphatic heterocycles. The van der Waals surface area contributed by atoms with Crippen LogP contribution in [0.1, 0.15) is 68.1 Å². The van der Waals surface area contributed by atoms with Crippen molar-refractivity contribution in [2.75, 3.05) is 33.4 Å². The van der Waals surface area contributed by atoms with Crippen LogP contribution in [-0.2, 0) is 19.9 Å². The van der Waals surface area contributed by atoms with Crippen molar-refractivity contribution in [3.05, 3.63) is 95.6 Å². The summed E-state index contributed by atoms with van der Waals surface area (Å²) in [6, 6.07) is 24.5. The molecule has 0 bridgehead atoms. The van der Waals surface area contributed by atoms with Gasteiger partial charge in [0.25, 0.3) is 0 Å². The molecular formula is C35H44N2O6. The SMILES string of the molecule is COc1ccc(C(OCCCCNC(=O)C2CCCN2C(=O)CCCCCO)(c2ccccc2)c2ccc(O)cc2)cc1. The minimum atomic E-state index is -0.924. The van der Waals surface area contributed by atoms with Crippen molar-refractivity contribution >= 4 is 11.8 Å². The van der Waals surface area contributed by atoms with E-state index in [9.17, 15) is 14.7 Å². The largest absolute Gasteiger partial charge is 0.508 e. The van der Waals surface area contributed by atoms with Gasteiger partial charge in [-0.15, -0.1) is 0 Å². The molecule has 2 amide bonds. The maximum atomic E-state index is 13.0. The average molecular weight is 589 g/mol. The number of nitrogens with zero attached hydrogens (tertiary/aromatic N) is 1. The third-order valence-corrected chi connectivity index (χ3v) is 8.06. The molecule has 1 heterocycles. The van der Waals surface area contributed by atoms with E-state index in [2.05, 4.69) is 5.32 Å². The predicted octanol–water partition coefficient (Wildman–Crippen LogP) is 5.15. The molecule has 0 aliphatic carbocycles. The summed E-state index contributed by atoms with van der Waals surface area (Å²) in [5.74, 6) is 0.855. The van der Waals surface area contributed by atoms with Gasteiger partial charge in [-0.05, 0) is 79.5 Å². The molecule has 0 spiro atoms. The topological polar surface area (TPSA) is 108 Å². The van der Waals surface area contributed by atoms with Crippen LogP contribution in [0.3, 0.4) is 0 Å². The van der Waals surface area contributed by atoms with E-state index in [4.69, 9.17) is 14.6 Å². The van der Waals surface area contributed by atoms with Crippen molar-refractivity contribution in [3.63, 3.8) is 0 Å². The number of aromatic hydroxyl groups is 1. The molecule has 8 heteroatoms. The van der Waals surface area contributed by atoms with Crippen LogP contribution in [0.25, 0.3) is 0 Å². The number of methoxy groups -OCH3 is 1. The van der Waals surface area contributed by atoms with E-state index in [0.717, 1.165) is 48.1 Å². The molecule has 3 N–H and O–H groups in total. The maximum absolute atomic E-state index is 13.0. The van der Waals surface area contributed by atoms with Crippen molar-refractivity contribution in [3.8, 4) is 11.5 Å². The third kappa shape index (κ3) is 8.15. The molecule has 1 fully saturated rings. The summed E-state index contributed by atoms with van der Waals surface area (Å²) in [5.41, 5.74) is 1.85. The summed E-state index contributed by atoms with van der Waals surface area (Å²) in [5, 5.41) is 22.0. The average Bonchev–Trinajstić information content (AvgIpc) is 3.54. The lowest BCUT2D eigenvalue weighted by Crippen LogP contribution is -2.46. The van der Waals surface area contributed by atoms with Gasteiger partial charge < -0.3 is 29.9 Å². The van der Waals surface area contributed by atoms with Crippen LogP contribution in [0.2, 0.25) is 0 Å². The zero-order valence-electron chi connectivity index (χ0n) is 25.0. The number of benzene rings is 3. The lowest BCUT2D eigenvalue weighted by molar-refractivity contribution is -0.138. The van der Waals surface area contributed by atoms with Crippen LogP contribution >= 0.6 is 0 Å². The second-order valence-corrected chi connectivity index (χ2v) is 10.9. The molecule has 4 rings (SSSR count). The highest BCUT2D eigenvalue weighted by Crippen LogP contribution is 2.41. The van der Waals surface area contributed by atoms with E-state index in [-0.39, 0.29) is 24.2 Å². The number of likely N-dealkylation sites (tertiary alicyclic amines) is 1. The molecule has 0 saturated carbocycles. The van der Waals surface area contributed by atoms with E-state index in [1.165, 1.54) is 0 Å². The Hall–Kier alpha value is -3.88. The fraction of sp³-hybridized carbons (Fsp3) is 0.429. The smallest absolute Gasteiger partial charge is 0.242 e. The Bertz CT molecular complexity index is 1280. The van der Waals surface area contributed by atoms with Crippen molar-refractivity contribution in [1.82, 2.24) is 10.2 Å². The lowest BCUT2D eigenvalue weighted by atomic mass is 9.80. The van der Waals surface area contributed by atoms with Crippen molar-refractivity contribution in [2.24, 2.45) is 0 Å². The van der Waals surface area contributed by atoms with Gasteiger partial charge in [0.2, 0.25) is 11.8 Å². The van der Waals surface area contributed by atoms with Crippen LogP contribution in [-0.4, -0.2) is 66.4 Å². The first kappa shape index (κ1) is 32.0. The number of phenols is 1. The molecule has 0 aromatic heterocycles. The maximum Gasteiger partial charge on any atom is 0.242 e. The summed E-state index contributed by atoms with van der Waals surface area (Å²) in [6.45, 7) is 1.69. The Morgan fingerprint density at radius 1 is 0.884 bits per heavy atom. The number of aliphatic hydroxyl groups is 1. The summed E-state index contributed by atoms with van der Waals surface area (Å²) in [6.07, 6.45) is 5.60. The second-order valence-electron chi connectivity index (χ2n) is 10.9. The minimum Gasteiger partial charge on any atom is -0.508 e. The van der Waals surface area contributed by atoms with Crippen molar-refractivity contribution in [1.29, 1.82) is 0 Å². The molecule has 0 radical (unpaired) electrons. The number of hydrogen-bond acceptors (Lipinski definition) is 6. The predicted molar refractivity (Wildman–Crippen MR) is 166 cm³/mol. The van der Waals surface area contributed by atoms with Crippen molar-refractivity contribution in [2.45, 2.75) is 63.0 Å². The normalized spacial score (nSPS) is 16.0. The first-order valence-electron chi connectivity index (χ1n) is 15.3. The van der Waals surface area contributed by atoms with Gasteiger partial charge in [0, 0.05) is 32.7 Å². The van der Waals surface area contributed by atoms with Gasteiger partial charge in [0.05, 0.1) is 7.11 Å². The fourth-order valence-electron chi connectivity index (χ4n) is 5.77. The third-order valence-electron chi connectivity index (χ3n) is 8.06. The summed E-state index contributed by atoms with van der Waals surface area (Å²) >= 11 is 0. The number of rotatable bonds is 16. The highest BCUT2D eigenvalue weighted by atomic mass is 16.5. The zero-order chi connectivity index (χ0) is 30.5. The molecule has 8 nitrogen and oxygen atoms in total. The Labute approximate surface area is 254 Å². The highest BCUT2D eigenvalue weighted by Gasteiger charge is 2.38. The summed E-state index contributed by atoms with van der Waals surface area (Å²) in [4.78, 5) is 27.4. The molecular weight excluding hydrogens is 544 g/mol. The highest BCUT2D eigenvalue weighted by molar-refractivity contribution is 5.88. The first-order chi connectivity index (χ1) is 21.0. The van der Waals surface area contributed by atoms with Gasteiger partial charge in [-0.25, -0.2) is 0 Å². The van der Waals surface area contributed by atoms with Crippen LogP contribution in [0.5, 0.6) is 11.5 Å². The molecule has 3 aromatic carbocycles. The van der Waals surface area contributed by atoms with Crippen LogP contribution in [0.15, 0.2) is 78.9 Å². The molecule has 3 aromatic rings. The minimum absolute atomic E-state index is 0.0222. The molecule has 2 unspecified atom stereocenters. The number of phenolic OH excluding ortho intramolecular Hbond substituents is 1. The Balaban J connectivity index is 1.39. The van der Waals surface area contributed by atoms with Gasteiger partial charge in [0.1, 0.15) is 23.1 Å². The number of hydrogen-bond donors (Lipinski definition) is 3. The zero-order valence-corrected chi connectivity index (χ0v) is 25.0. The summed E-state index contributed by atoms with van der Waals surface area (Å²) in [7, 11) is 1.64. The van der Waals surface area contributed by atoms with Crippen LogP contribution in [0, 0.1) is 0 Å². The molecule has 1 aliphatic rings. The number of nitrogens with one attached hydrogen (secondary N) is 1. The van der Waals surface area contributed by atoms with Crippen LogP contribution < -0.4 is 10.1 Å². The van der Waals surface area contributed by atoms with Gasteiger partial charge in [0.15, 0.2) is 0 Å². The van der Waals surface area contributed by atoms with Gasteiger partial charge in [-0.2, -0.15) is 0 Å². The van der Waals surface area contributed by atoms with Gasteiger partial charge in [-0.3, -0.25) is 9.59 Å². The number of ether oxygens (including phenoxy) is 2. The van der Waals surface area contributed by atoms with E-state index in [1.54, 1.807) is 24.1 Å². The van der Waals surface area contributed by atoms with Gasteiger partial charge in [-0.1, -0.05) is 61.0 Å². The molecule has 230 valence electrons. The Morgan fingerprint density at radius 2 is 1.56 bits per heavy atom. The standard InChI is InChI=1S/C35H44N2O6/c1-42-31-21-17-29(18-22-31)35(27-11-4-2-5-12-27,28-15-19-30(39)20-16-28)43-26-9-7-23-36-34(41)32-13-10-24-37(32)33(40)14-6-3-8-25-38/h2,4-5,11-12,15-22,32,38-39H,3,6-10,13-14,23-26H2,1H3,(H,36,41). The monoisotopic (exact) mass is 588 g/mol. The Morgan fingerprint density at radius 3 is 2.23 bits per heavy atom. The fourth-order valence-corrected chi connectivity index (χ4v) is 5.77. The molecule has 2 atom stereocenters. The lowest BCUT2D eigenvalue weighted by Gasteiger charge is -2.36.